The fourth-order valence-corrected chi connectivity index (χ4v) is 3.58. The molecule has 1 unspecified atom stereocenters. The lowest BCUT2D eigenvalue weighted by atomic mass is 9.88. The second kappa shape index (κ2) is 7.03. The van der Waals surface area contributed by atoms with Crippen molar-refractivity contribution in [2.45, 2.75) is 31.3 Å². The number of benzene rings is 1. The van der Waals surface area contributed by atoms with Gasteiger partial charge in [-0.1, -0.05) is 28.1 Å². The van der Waals surface area contributed by atoms with Crippen LogP contribution in [0.15, 0.2) is 28.7 Å². The van der Waals surface area contributed by atoms with Crippen molar-refractivity contribution < 1.29 is 0 Å². The normalized spacial score (nSPS) is 24.9. The number of hydrogen-bond acceptors (Lipinski definition) is 3. The van der Waals surface area contributed by atoms with E-state index in [1.165, 1.54) is 24.9 Å². The van der Waals surface area contributed by atoms with Gasteiger partial charge in [-0.05, 0) is 64.1 Å². The van der Waals surface area contributed by atoms with Gasteiger partial charge in [0, 0.05) is 23.1 Å². The Labute approximate surface area is 131 Å². The summed E-state index contributed by atoms with van der Waals surface area (Å²) in [6.07, 6.45) is 3.58. The van der Waals surface area contributed by atoms with E-state index in [4.69, 9.17) is 5.73 Å². The molecular weight excluding hydrogens is 314 g/mol. The number of likely N-dealkylation sites (tertiary alicyclic amines) is 1. The lowest BCUT2D eigenvalue weighted by Crippen LogP contribution is -2.52. The minimum Gasteiger partial charge on any atom is -0.329 e. The van der Waals surface area contributed by atoms with Gasteiger partial charge in [-0.3, -0.25) is 4.90 Å². The highest BCUT2D eigenvalue weighted by Crippen LogP contribution is 2.28. The predicted octanol–water partition coefficient (Wildman–Crippen LogP) is 2.69. The number of nitrogens with zero attached hydrogens (tertiary/aromatic N) is 2. The van der Waals surface area contributed by atoms with Gasteiger partial charge in [0.25, 0.3) is 0 Å². The molecule has 0 aliphatic carbocycles. The molecule has 0 aromatic heterocycles. The summed E-state index contributed by atoms with van der Waals surface area (Å²) in [5.74, 6) is 0. The maximum absolute atomic E-state index is 6.17. The predicted molar refractivity (Wildman–Crippen MR) is 88.7 cm³/mol. The van der Waals surface area contributed by atoms with E-state index in [1.54, 1.807) is 0 Å². The summed E-state index contributed by atoms with van der Waals surface area (Å²) in [7, 11) is 4.43. The van der Waals surface area contributed by atoms with Crippen LogP contribution in [0.25, 0.3) is 0 Å². The highest BCUT2D eigenvalue weighted by atomic mass is 79.9. The largest absolute Gasteiger partial charge is 0.329 e. The van der Waals surface area contributed by atoms with E-state index < -0.39 is 0 Å². The third kappa shape index (κ3) is 3.82. The fourth-order valence-electron chi connectivity index (χ4n) is 3.13. The summed E-state index contributed by atoms with van der Waals surface area (Å²) >= 11 is 3.55. The van der Waals surface area contributed by atoms with Crippen molar-refractivity contribution in [1.82, 2.24) is 9.80 Å². The van der Waals surface area contributed by atoms with Gasteiger partial charge in [0.05, 0.1) is 0 Å². The summed E-state index contributed by atoms with van der Waals surface area (Å²) < 4.78 is 1.14. The molecule has 0 radical (unpaired) electrons. The Kier molecular flexibility index (Phi) is 5.61. The van der Waals surface area contributed by atoms with Crippen molar-refractivity contribution in [1.29, 1.82) is 0 Å². The van der Waals surface area contributed by atoms with Gasteiger partial charge in [0.1, 0.15) is 0 Å². The van der Waals surface area contributed by atoms with Gasteiger partial charge in [-0.25, -0.2) is 0 Å². The minimum absolute atomic E-state index is 0.146. The average molecular weight is 340 g/mol. The number of hydrogen-bond donors (Lipinski definition) is 1. The van der Waals surface area contributed by atoms with Crippen molar-refractivity contribution in [2.24, 2.45) is 5.73 Å². The number of halogens is 1. The van der Waals surface area contributed by atoms with Crippen LogP contribution in [0.3, 0.4) is 0 Å². The summed E-state index contributed by atoms with van der Waals surface area (Å²) in [5, 5.41) is 0. The molecule has 1 saturated heterocycles. The molecule has 2 N–H and O–H groups in total. The first-order valence-electron chi connectivity index (χ1n) is 7.40. The molecule has 0 bridgehead atoms. The van der Waals surface area contributed by atoms with Crippen molar-refractivity contribution in [3.8, 4) is 0 Å². The number of rotatable bonds is 4. The first-order valence-corrected chi connectivity index (χ1v) is 8.19. The van der Waals surface area contributed by atoms with Gasteiger partial charge >= 0.3 is 0 Å². The zero-order valence-corrected chi connectivity index (χ0v) is 14.2. The third-order valence-electron chi connectivity index (χ3n) is 4.64. The lowest BCUT2D eigenvalue weighted by Gasteiger charge is -2.41. The molecule has 0 spiro atoms. The Morgan fingerprint density at radius 1 is 1.35 bits per heavy atom. The zero-order valence-electron chi connectivity index (χ0n) is 12.6. The van der Waals surface area contributed by atoms with Crippen LogP contribution in [-0.4, -0.2) is 49.1 Å². The Morgan fingerprint density at radius 2 is 2.15 bits per heavy atom. The smallest absolute Gasteiger partial charge is 0.0344 e. The van der Waals surface area contributed by atoms with Crippen LogP contribution in [0.4, 0.5) is 0 Å². The molecule has 20 heavy (non-hydrogen) atoms. The van der Waals surface area contributed by atoms with E-state index in [1.807, 2.05) is 0 Å². The van der Waals surface area contributed by atoms with E-state index in [-0.39, 0.29) is 5.54 Å². The monoisotopic (exact) mass is 339 g/mol. The van der Waals surface area contributed by atoms with Crippen LogP contribution < -0.4 is 5.73 Å². The van der Waals surface area contributed by atoms with Gasteiger partial charge in [-0.15, -0.1) is 0 Å². The van der Waals surface area contributed by atoms with Crippen LogP contribution >= 0.6 is 15.9 Å². The topological polar surface area (TPSA) is 32.5 Å². The zero-order chi connectivity index (χ0) is 14.6. The molecule has 0 amide bonds. The fraction of sp³-hybridized carbons (Fsp3) is 0.625. The molecule has 2 rings (SSSR count). The lowest BCUT2D eigenvalue weighted by molar-refractivity contribution is 0.100. The Morgan fingerprint density at radius 3 is 2.85 bits per heavy atom. The van der Waals surface area contributed by atoms with Gasteiger partial charge in [0.2, 0.25) is 0 Å². The Hall–Kier alpha value is -0.420. The molecular formula is C16H26BrN3. The highest BCUT2D eigenvalue weighted by Gasteiger charge is 2.34. The molecule has 1 heterocycles. The standard InChI is InChI=1S/C16H26BrN3/c1-19-9-4-7-16(13-18,8-10-19)20(2)12-14-5-3-6-15(17)11-14/h3,5-6,11H,4,7-10,12-13,18H2,1-2H3. The van der Waals surface area contributed by atoms with Gasteiger partial charge in [-0.2, -0.15) is 0 Å². The maximum Gasteiger partial charge on any atom is 0.0344 e. The van der Waals surface area contributed by atoms with E-state index >= 15 is 0 Å². The molecule has 1 aromatic rings. The quantitative estimate of drug-likeness (QED) is 0.915. The molecule has 112 valence electrons. The molecule has 3 nitrogen and oxygen atoms in total. The third-order valence-corrected chi connectivity index (χ3v) is 5.13. The second-order valence-electron chi connectivity index (χ2n) is 6.07. The maximum atomic E-state index is 6.17. The van der Waals surface area contributed by atoms with Crippen LogP contribution in [0.2, 0.25) is 0 Å². The van der Waals surface area contributed by atoms with Crippen LogP contribution in [-0.2, 0) is 6.54 Å². The first kappa shape index (κ1) is 16.0. The van der Waals surface area contributed by atoms with E-state index in [0.717, 1.165) is 30.5 Å². The van der Waals surface area contributed by atoms with Gasteiger partial charge < -0.3 is 10.6 Å². The molecule has 0 saturated carbocycles. The van der Waals surface area contributed by atoms with Crippen LogP contribution in [0, 0.1) is 0 Å². The average Bonchev–Trinajstić information content (AvgIpc) is 2.61. The summed E-state index contributed by atoms with van der Waals surface area (Å²) in [5.41, 5.74) is 7.65. The highest BCUT2D eigenvalue weighted by molar-refractivity contribution is 9.10. The Bertz CT molecular complexity index is 437. The van der Waals surface area contributed by atoms with E-state index in [0.29, 0.717) is 0 Å². The van der Waals surface area contributed by atoms with E-state index in [9.17, 15) is 0 Å². The van der Waals surface area contributed by atoms with E-state index in [2.05, 4.69) is 64.1 Å². The Balaban J connectivity index is 2.09. The van der Waals surface area contributed by atoms with Gasteiger partial charge in [0.15, 0.2) is 0 Å². The summed E-state index contributed by atoms with van der Waals surface area (Å²) in [6, 6.07) is 8.56. The SMILES string of the molecule is CN1CCCC(CN)(N(C)Cc2cccc(Br)c2)CC1. The molecule has 1 aromatic carbocycles. The summed E-state index contributed by atoms with van der Waals surface area (Å²) in [6.45, 7) is 4.03. The molecule has 4 heteroatoms. The van der Waals surface area contributed by atoms with Crippen LogP contribution in [0.1, 0.15) is 24.8 Å². The first-order chi connectivity index (χ1) is 9.55. The minimum atomic E-state index is 0.146. The van der Waals surface area contributed by atoms with Crippen LogP contribution in [0.5, 0.6) is 0 Å². The summed E-state index contributed by atoms with van der Waals surface area (Å²) in [4.78, 5) is 4.89. The van der Waals surface area contributed by atoms with Crippen molar-refractivity contribution in [3.63, 3.8) is 0 Å². The molecule has 1 atom stereocenters. The molecule has 1 fully saturated rings. The van der Waals surface area contributed by atoms with Crippen molar-refractivity contribution >= 4 is 15.9 Å². The number of likely N-dealkylation sites (N-methyl/N-ethyl adjacent to an activating group) is 1. The molecule has 1 aliphatic rings. The van der Waals surface area contributed by atoms with Crippen molar-refractivity contribution in [3.05, 3.63) is 34.3 Å². The second-order valence-corrected chi connectivity index (χ2v) is 6.99. The van der Waals surface area contributed by atoms with Crippen molar-refractivity contribution in [2.75, 3.05) is 33.7 Å². The number of nitrogens with two attached hydrogens (primary N) is 1. The molecule has 1 aliphatic heterocycles.